The van der Waals surface area contributed by atoms with Crippen molar-refractivity contribution < 1.29 is 13.2 Å². The highest BCUT2D eigenvalue weighted by atomic mass is 32.2. The first-order valence-electron chi connectivity index (χ1n) is 6.39. The molecule has 0 saturated carbocycles. The molecule has 9 heteroatoms. The van der Waals surface area contributed by atoms with Gasteiger partial charge in [-0.05, 0) is 26.0 Å². The van der Waals surface area contributed by atoms with Crippen molar-refractivity contribution in [1.82, 2.24) is 24.5 Å². The Labute approximate surface area is 123 Å². The summed E-state index contributed by atoms with van der Waals surface area (Å²) in [6.45, 7) is 4.17. The largest absolute Gasteiger partial charge is 0.467 e. The van der Waals surface area contributed by atoms with Gasteiger partial charge in [0.1, 0.15) is 4.90 Å². The molecule has 0 saturated heterocycles. The Morgan fingerprint density at radius 3 is 2.76 bits per heavy atom. The molecule has 0 fully saturated rings. The first kappa shape index (κ1) is 15.4. The van der Waals surface area contributed by atoms with E-state index in [0.29, 0.717) is 18.4 Å². The van der Waals surface area contributed by atoms with Crippen molar-refractivity contribution in [3.63, 3.8) is 0 Å². The van der Waals surface area contributed by atoms with Gasteiger partial charge in [0.2, 0.25) is 10.0 Å². The fourth-order valence-corrected chi connectivity index (χ4v) is 3.09. The third-order valence-corrected chi connectivity index (χ3v) is 4.43. The monoisotopic (exact) mass is 311 g/mol. The molecule has 21 heavy (non-hydrogen) atoms. The third kappa shape index (κ3) is 3.19. The molecule has 2 aromatic rings. The van der Waals surface area contributed by atoms with Crippen LogP contribution in [0.15, 0.2) is 29.4 Å². The van der Waals surface area contributed by atoms with Crippen molar-refractivity contribution in [3.05, 3.63) is 30.4 Å². The molecule has 8 nitrogen and oxygen atoms in total. The topological polar surface area (TPSA) is 99.0 Å². The number of nitrogens with zero attached hydrogens (tertiary/aromatic N) is 4. The lowest BCUT2D eigenvalue weighted by Crippen LogP contribution is -2.29. The first-order chi connectivity index (χ1) is 9.99. The Bertz CT molecular complexity index is 699. The van der Waals surface area contributed by atoms with Gasteiger partial charge < -0.3 is 4.74 Å². The molecule has 0 aliphatic carbocycles. The SMILES string of the molecule is CCn1c(OC)nnc1[C@@H](C)NS(=O)(=O)c1cccnc1. The molecule has 1 atom stereocenters. The quantitative estimate of drug-likeness (QED) is 0.845. The number of pyridine rings is 1. The van der Waals surface area contributed by atoms with E-state index in [4.69, 9.17) is 4.74 Å². The lowest BCUT2D eigenvalue weighted by molar-refractivity contribution is 0.354. The molecule has 2 rings (SSSR count). The van der Waals surface area contributed by atoms with Crippen molar-refractivity contribution in [2.75, 3.05) is 7.11 Å². The third-order valence-electron chi connectivity index (χ3n) is 2.91. The Balaban J connectivity index is 2.26. The summed E-state index contributed by atoms with van der Waals surface area (Å²) in [5.74, 6) is 0.488. The number of ether oxygens (including phenoxy) is 1. The number of hydrogen-bond donors (Lipinski definition) is 1. The number of rotatable bonds is 6. The maximum atomic E-state index is 12.3. The van der Waals surface area contributed by atoms with Crippen LogP contribution in [-0.2, 0) is 16.6 Å². The molecule has 0 radical (unpaired) electrons. The normalized spacial score (nSPS) is 13.1. The summed E-state index contributed by atoms with van der Waals surface area (Å²) in [5, 5.41) is 7.85. The van der Waals surface area contributed by atoms with Gasteiger partial charge in [0.05, 0.1) is 13.2 Å². The fraction of sp³-hybridized carbons (Fsp3) is 0.417. The highest BCUT2D eigenvalue weighted by molar-refractivity contribution is 7.89. The van der Waals surface area contributed by atoms with Crippen LogP contribution in [0.3, 0.4) is 0 Å². The smallest absolute Gasteiger partial charge is 0.316 e. The number of hydrogen-bond acceptors (Lipinski definition) is 6. The molecule has 2 aromatic heterocycles. The standard InChI is InChI=1S/C12H17N5O3S/c1-4-17-11(14-15-12(17)20-3)9(2)16-21(18,19)10-6-5-7-13-8-10/h5-9,16H,4H2,1-3H3/t9-/m1/s1. The van der Waals surface area contributed by atoms with Gasteiger partial charge in [0.25, 0.3) is 0 Å². The van der Waals surface area contributed by atoms with Gasteiger partial charge in [-0.15, -0.1) is 5.10 Å². The predicted octanol–water partition coefficient (Wildman–Crippen LogP) is 0.741. The van der Waals surface area contributed by atoms with Gasteiger partial charge in [-0.1, -0.05) is 5.10 Å². The average Bonchev–Trinajstić information content (AvgIpc) is 2.90. The van der Waals surface area contributed by atoms with E-state index in [1.54, 1.807) is 17.6 Å². The second kappa shape index (κ2) is 6.19. The van der Waals surface area contributed by atoms with Crippen LogP contribution in [0.25, 0.3) is 0 Å². The number of sulfonamides is 1. The molecule has 0 unspecified atom stereocenters. The minimum Gasteiger partial charge on any atom is -0.467 e. The molecule has 0 aliphatic rings. The summed E-state index contributed by atoms with van der Waals surface area (Å²) in [6, 6.07) is 2.84. The molecular formula is C12H17N5O3S. The van der Waals surface area contributed by atoms with Crippen LogP contribution in [0, 0.1) is 0 Å². The van der Waals surface area contributed by atoms with Gasteiger partial charge in [-0.3, -0.25) is 9.55 Å². The Kier molecular flexibility index (Phi) is 4.53. The molecule has 0 aliphatic heterocycles. The van der Waals surface area contributed by atoms with Gasteiger partial charge in [0, 0.05) is 18.9 Å². The van der Waals surface area contributed by atoms with E-state index in [1.165, 1.54) is 25.6 Å². The van der Waals surface area contributed by atoms with Crippen molar-refractivity contribution in [2.45, 2.75) is 31.3 Å². The Hall–Kier alpha value is -2.00. The van der Waals surface area contributed by atoms with Gasteiger partial charge in [-0.2, -0.15) is 0 Å². The van der Waals surface area contributed by atoms with E-state index >= 15 is 0 Å². The maximum Gasteiger partial charge on any atom is 0.316 e. The van der Waals surface area contributed by atoms with E-state index in [0.717, 1.165) is 0 Å². The summed E-state index contributed by atoms with van der Waals surface area (Å²) in [6.07, 6.45) is 2.81. The minimum absolute atomic E-state index is 0.103. The molecule has 0 aromatic carbocycles. The van der Waals surface area contributed by atoms with Crippen LogP contribution < -0.4 is 9.46 Å². The molecule has 1 N–H and O–H groups in total. The van der Waals surface area contributed by atoms with Crippen LogP contribution in [0.4, 0.5) is 0 Å². The van der Waals surface area contributed by atoms with Crippen LogP contribution in [0.5, 0.6) is 6.01 Å². The van der Waals surface area contributed by atoms with E-state index in [1.807, 2.05) is 6.92 Å². The lowest BCUT2D eigenvalue weighted by Gasteiger charge is -2.14. The molecule has 0 bridgehead atoms. The van der Waals surface area contributed by atoms with Gasteiger partial charge >= 0.3 is 6.01 Å². The lowest BCUT2D eigenvalue weighted by atomic mass is 10.3. The van der Waals surface area contributed by atoms with Crippen molar-refractivity contribution in [1.29, 1.82) is 0 Å². The zero-order chi connectivity index (χ0) is 15.5. The summed E-state index contributed by atoms with van der Waals surface area (Å²) in [4.78, 5) is 3.91. The van der Waals surface area contributed by atoms with Gasteiger partial charge in [-0.25, -0.2) is 13.1 Å². The predicted molar refractivity (Wildman–Crippen MR) is 75.2 cm³/mol. The Morgan fingerprint density at radius 1 is 1.43 bits per heavy atom. The highest BCUT2D eigenvalue weighted by Gasteiger charge is 2.23. The van der Waals surface area contributed by atoms with Crippen LogP contribution >= 0.6 is 0 Å². The second-order valence-corrected chi connectivity index (χ2v) is 6.03. The van der Waals surface area contributed by atoms with Gasteiger partial charge in [0.15, 0.2) is 5.82 Å². The Morgan fingerprint density at radius 2 is 2.19 bits per heavy atom. The second-order valence-electron chi connectivity index (χ2n) is 4.32. The summed E-state index contributed by atoms with van der Waals surface area (Å²) in [7, 11) is -2.17. The average molecular weight is 311 g/mol. The van der Waals surface area contributed by atoms with Crippen LogP contribution in [-0.4, -0.2) is 35.3 Å². The zero-order valence-corrected chi connectivity index (χ0v) is 12.8. The zero-order valence-electron chi connectivity index (χ0n) is 12.0. The fourth-order valence-electron chi connectivity index (χ4n) is 1.93. The number of aromatic nitrogens is 4. The van der Waals surface area contributed by atoms with Crippen molar-refractivity contribution in [3.8, 4) is 6.01 Å². The highest BCUT2D eigenvalue weighted by Crippen LogP contribution is 2.18. The molecule has 2 heterocycles. The molecule has 0 amide bonds. The number of nitrogens with one attached hydrogen (secondary N) is 1. The first-order valence-corrected chi connectivity index (χ1v) is 7.87. The summed E-state index contributed by atoms with van der Waals surface area (Å²) in [5.41, 5.74) is 0. The minimum atomic E-state index is -3.66. The summed E-state index contributed by atoms with van der Waals surface area (Å²) >= 11 is 0. The van der Waals surface area contributed by atoms with Crippen LogP contribution in [0.2, 0.25) is 0 Å². The molecule has 0 spiro atoms. The maximum absolute atomic E-state index is 12.3. The molecular weight excluding hydrogens is 294 g/mol. The number of methoxy groups -OCH3 is 1. The van der Waals surface area contributed by atoms with Crippen molar-refractivity contribution in [2.24, 2.45) is 0 Å². The van der Waals surface area contributed by atoms with Crippen molar-refractivity contribution >= 4 is 10.0 Å². The van der Waals surface area contributed by atoms with E-state index in [9.17, 15) is 8.42 Å². The molecule has 114 valence electrons. The van der Waals surface area contributed by atoms with E-state index in [-0.39, 0.29) is 4.90 Å². The van der Waals surface area contributed by atoms with Crippen LogP contribution in [0.1, 0.15) is 25.7 Å². The summed E-state index contributed by atoms with van der Waals surface area (Å²) < 4.78 is 33.8. The van der Waals surface area contributed by atoms with E-state index in [2.05, 4.69) is 19.9 Å². The van der Waals surface area contributed by atoms with E-state index < -0.39 is 16.1 Å².